The Morgan fingerprint density at radius 1 is 1.15 bits per heavy atom. The maximum absolute atomic E-state index is 5.68. The summed E-state index contributed by atoms with van der Waals surface area (Å²) in [5.41, 5.74) is 10.2. The van der Waals surface area contributed by atoms with Crippen molar-refractivity contribution in [1.29, 1.82) is 0 Å². The number of oxime groups is 1. The van der Waals surface area contributed by atoms with E-state index in [1.54, 1.807) is 5.57 Å². The highest BCUT2D eigenvalue weighted by molar-refractivity contribution is 5.96. The van der Waals surface area contributed by atoms with Crippen LogP contribution < -0.4 is 5.73 Å². The molecular formula is C27H45N5O. The van der Waals surface area contributed by atoms with Crippen molar-refractivity contribution in [2.45, 2.75) is 92.5 Å². The van der Waals surface area contributed by atoms with Crippen LogP contribution in [0, 0.1) is 34.5 Å². The van der Waals surface area contributed by atoms with E-state index >= 15 is 0 Å². The summed E-state index contributed by atoms with van der Waals surface area (Å²) in [7, 11) is 0. The standard InChI is InChI=1S/C26H41N5O.CH4/c1-18-4-7-23-22-6-5-19-16-20(8-11-26(19,3)24(22)9-12-25(18,23)2)29-32-15-14-31-17-21(10-13-27)28-30-31;/h16-18,22-24H,4-15,27H2,1-3H3;1H4/t18-,22?,23?,24?,25+,26-;/m0./s1. The van der Waals surface area contributed by atoms with E-state index in [-0.39, 0.29) is 7.43 Å². The average Bonchev–Trinajstić information content (AvgIpc) is 3.35. The summed E-state index contributed by atoms with van der Waals surface area (Å²) in [4.78, 5) is 5.68. The van der Waals surface area contributed by atoms with Gasteiger partial charge in [-0.05, 0) is 98.5 Å². The van der Waals surface area contributed by atoms with Gasteiger partial charge >= 0.3 is 0 Å². The van der Waals surface area contributed by atoms with Gasteiger partial charge in [-0.3, -0.25) is 0 Å². The van der Waals surface area contributed by atoms with Crippen LogP contribution in [0.3, 0.4) is 0 Å². The molecule has 4 aliphatic rings. The molecule has 3 fully saturated rings. The van der Waals surface area contributed by atoms with Crippen LogP contribution in [0.1, 0.15) is 85.3 Å². The Balaban J connectivity index is 0.00000259. The molecule has 3 saturated carbocycles. The van der Waals surface area contributed by atoms with Crippen molar-refractivity contribution in [1.82, 2.24) is 15.0 Å². The van der Waals surface area contributed by atoms with Crippen LogP contribution in [0.25, 0.3) is 0 Å². The molecule has 3 unspecified atom stereocenters. The topological polar surface area (TPSA) is 78.3 Å². The maximum Gasteiger partial charge on any atom is 0.136 e. The molecule has 1 aromatic heterocycles. The van der Waals surface area contributed by atoms with Gasteiger partial charge in [-0.15, -0.1) is 5.10 Å². The normalized spacial score (nSPS) is 38.7. The van der Waals surface area contributed by atoms with E-state index in [0.717, 1.165) is 47.9 Å². The van der Waals surface area contributed by atoms with E-state index in [1.165, 1.54) is 44.9 Å². The first-order valence-corrected chi connectivity index (χ1v) is 12.9. The van der Waals surface area contributed by atoms with Crippen molar-refractivity contribution in [3.63, 3.8) is 0 Å². The second-order valence-electron chi connectivity index (χ2n) is 11.5. The van der Waals surface area contributed by atoms with Gasteiger partial charge in [0.25, 0.3) is 0 Å². The zero-order valence-electron chi connectivity index (χ0n) is 20.2. The van der Waals surface area contributed by atoms with Crippen LogP contribution in [0.4, 0.5) is 0 Å². The smallest absolute Gasteiger partial charge is 0.136 e. The highest BCUT2D eigenvalue weighted by Gasteiger charge is 2.57. The van der Waals surface area contributed by atoms with Gasteiger partial charge < -0.3 is 10.6 Å². The van der Waals surface area contributed by atoms with Crippen molar-refractivity contribution < 1.29 is 4.84 Å². The fraction of sp³-hybridized carbons (Fsp3) is 0.815. The summed E-state index contributed by atoms with van der Waals surface area (Å²) in [5, 5.41) is 12.7. The zero-order valence-corrected chi connectivity index (χ0v) is 20.2. The monoisotopic (exact) mass is 455 g/mol. The molecule has 0 spiro atoms. The van der Waals surface area contributed by atoms with Gasteiger partial charge in [-0.25, -0.2) is 4.68 Å². The van der Waals surface area contributed by atoms with Gasteiger partial charge in [-0.2, -0.15) is 0 Å². The van der Waals surface area contributed by atoms with Crippen LogP contribution in [-0.2, 0) is 17.8 Å². The Morgan fingerprint density at radius 2 is 2.00 bits per heavy atom. The lowest BCUT2D eigenvalue weighted by Crippen LogP contribution is -2.50. The number of hydrogen-bond donors (Lipinski definition) is 1. The van der Waals surface area contributed by atoms with Gasteiger partial charge in [0.15, 0.2) is 0 Å². The SMILES string of the molecule is C.C[C@H]1CCC2C3CCC4=CC(=NOCCn5cc(CCN)nn5)CC[C@]4(C)C3CC[C@@]21C. The number of nitrogens with two attached hydrogens (primary N) is 1. The second-order valence-corrected chi connectivity index (χ2v) is 11.5. The lowest BCUT2D eigenvalue weighted by molar-refractivity contribution is -0.0465. The quantitative estimate of drug-likeness (QED) is 0.461. The van der Waals surface area contributed by atoms with Crippen molar-refractivity contribution in [2.24, 2.45) is 45.4 Å². The van der Waals surface area contributed by atoms with E-state index in [2.05, 4.69) is 42.3 Å². The Hall–Kier alpha value is -1.69. The molecule has 2 N–H and O–H groups in total. The van der Waals surface area contributed by atoms with E-state index in [1.807, 2.05) is 10.9 Å². The molecule has 6 nitrogen and oxygen atoms in total. The van der Waals surface area contributed by atoms with Crippen molar-refractivity contribution in [3.8, 4) is 0 Å². The molecule has 184 valence electrons. The van der Waals surface area contributed by atoms with Gasteiger partial charge in [0.2, 0.25) is 0 Å². The third kappa shape index (κ3) is 4.28. The van der Waals surface area contributed by atoms with Crippen molar-refractivity contribution in [3.05, 3.63) is 23.5 Å². The highest BCUT2D eigenvalue weighted by atomic mass is 16.6. The lowest BCUT2D eigenvalue weighted by Gasteiger charge is -2.58. The maximum atomic E-state index is 5.68. The van der Waals surface area contributed by atoms with Gasteiger partial charge in [0, 0.05) is 12.6 Å². The first kappa shape index (κ1) is 24.4. The third-order valence-electron chi connectivity index (χ3n) is 10.0. The number of nitrogens with zero attached hydrogens (tertiary/aromatic N) is 4. The Morgan fingerprint density at radius 3 is 2.82 bits per heavy atom. The molecular weight excluding hydrogens is 410 g/mol. The second kappa shape index (κ2) is 9.52. The summed E-state index contributed by atoms with van der Waals surface area (Å²) in [6.07, 6.45) is 15.7. The van der Waals surface area contributed by atoms with Crippen molar-refractivity contribution >= 4 is 5.71 Å². The predicted octanol–water partition coefficient (Wildman–Crippen LogP) is 5.39. The Labute approximate surface area is 200 Å². The molecule has 1 aromatic rings. The third-order valence-corrected chi connectivity index (χ3v) is 10.0. The molecule has 6 heteroatoms. The number of aromatic nitrogens is 3. The molecule has 33 heavy (non-hydrogen) atoms. The molecule has 0 saturated heterocycles. The van der Waals surface area contributed by atoms with Gasteiger partial charge in [0.05, 0.1) is 18.0 Å². The molecule has 0 amide bonds. The first-order chi connectivity index (χ1) is 15.4. The van der Waals surface area contributed by atoms with Crippen LogP contribution in [0.15, 0.2) is 23.0 Å². The van der Waals surface area contributed by atoms with Crippen LogP contribution in [0.2, 0.25) is 0 Å². The molecule has 0 radical (unpaired) electrons. The number of allylic oxidation sites excluding steroid dienone is 2. The number of fused-ring (bicyclic) bond motifs is 5. The minimum Gasteiger partial charge on any atom is -0.394 e. The largest absolute Gasteiger partial charge is 0.394 e. The fourth-order valence-electron chi connectivity index (χ4n) is 7.88. The zero-order chi connectivity index (χ0) is 22.3. The van der Waals surface area contributed by atoms with E-state index < -0.39 is 0 Å². The summed E-state index contributed by atoms with van der Waals surface area (Å²) in [5.74, 6) is 3.66. The molecule has 6 atom stereocenters. The van der Waals surface area contributed by atoms with E-state index in [9.17, 15) is 0 Å². The van der Waals surface area contributed by atoms with Crippen LogP contribution in [0.5, 0.6) is 0 Å². The van der Waals surface area contributed by atoms with Gasteiger partial charge in [-0.1, -0.05) is 44.1 Å². The highest BCUT2D eigenvalue weighted by Crippen LogP contribution is 2.66. The summed E-state index contributed by atoms with van der Waals surface area (Å²) >= 11 is 0. The fourth-order valence-corrected chi connectivity index (χ4v) is 7.88. The summed E-state index contributed by atoms with van der Waals surface area (Å²) < 4.78 is 1.81. The van der Waals surface area contributed by atoms with E-state index in [4.69, 9.17) is 10.6 Å². The molecule has 1 heterocycles. The number of hydrogen-bond acceptors (Lipinski definition) is 5. The Kier molecular flexibility index (Phi) is 7.05. The molecule has 4 aliphatic carbocycles. The minimum atomic E-state index is 0. The average molecular weight is 456 g/mol. The minimum absolute atomic E-state index is 0. The van der Waals surface area contributed by atoms with Crippen molar-refractivity contribution in [2.75, 3.05) is 13.2 Å². The summed E-state index contributed by atoms with van der Waals surface area (Å²) in [6.45, 7) is 9.46. The molecule has 0 aliphatic heterocycles. The molecule has 0 aromatic carbocycles. The van der Waals surface area contributed by atoms with Gasteiger partial charge in [0.1, 0.15) is 6.61 Å². The summed E-state index contributed by atoms with van der Waals surface area (Å²) in [6, 6.07) is 0. The predicted molar refractivity (Wildman–Crippen MR) is 134 cm³/mol. The molecule has 0 bridgehead atoms. The van der Waals surface area contributed by atoms with Crippen LogP contribution >= 0.6 is 0 Å². The van der Waals surface area contributed by atoms with Crippen LogP contribution in [-0.4, -0.2) is 33.9 Å². The van der Waals surface area contributed by atoms with E-state index in [0.29, 0.717) is 30.5 Å². The number of rotatable bonds is 6. The molecule has 5 rings (SSSR count). The Bertz CT molecular complexity index is 891. The first-order valence-electron chi connectivity index (χ1n) is 12.9. The lowest BCUT2D eigenvalue weighted by atomic mass is 9.47.